The van der Waals surface area contributed by atoms with Crippen LogP contribution in [0.3, 0.4) is 0 Å². The number of nitrogens with one attached hydrogen (secondary N) is 2. The maximum atomic E-state index is 5.51. The third-order valence-electron chi connectivity index (χ3n) is 2.90. The molecular weight excluding hydrogens is 212 g/mol. The van der Waals surface area contributed by atoms with Gasteiger partial charge in [-0.1, -0.05) is 25.1 Å². The van der Waals surface area contributed by atoms with Crippen LogP contribution >= 0.6 is 0 Å². The van der Waals surface area contributed by atoms with Crippen molar-refractivity contribution in [2.45, 2.75) is 26.4 Å². The standard InChI is InChI=1S/C14H20N2O/c1-3-15-8-11(2)16-9-12-10-17-14-7-5-4-6-13(12)14/h4-7,10-11,15-16H,3,8-9H2,1-2H3. The number of hydrogen-bond acceptors (Lipinski definition) is 3. The van der Waals surface area contributed by atoms with Crippen molar-refractivity contribution in [3.63, 3.8) is 0 Å². The smallest absolute Gasteiger partial charge is 0.134 e. The molecule has 3 heteroatoms. The number of fused-ring (bicyclic) bond motifs is 1. The average Bonchev–Trinajstić information content (AvgIpc) is 2.77. The van der Waals surface area contributed by atoms with E-state index >= 15 is 0 Å². The molecule has 0 bridgehead atoms. The Kier molecular flexibility index (Phi) is 4.18. The van der Waals surface area contributed by atoms with E-state index in [1.807, 2.05) is 24.5 Å². The second-order valence-corrected chi connectivity index (χ2v) is 4.35. The lowest BCUT2D eigenvalue weighted by Crippen LogP contribution is -2.35. The summed E-state index contributed by atoms with van der Waals surface area (Å²) >= 11 is 0. The van der Waals surface area contributed by atoms with Crippen LogP contribution < -0.4 is 10.6 Å². The molecule has 0 aliphatic carbocycles. The Bertz CT molecular complexity index is 464. The van der Waals surface area contributed by atoms with Gasteiger partial charge in [0.2, 0.25) is 0 Å². The Morgan fingerprint density at radius 1 is 1.29 bits per heavy atom. The topological polar surface area (TPSA) is 37.2 Å². The van der Waals surface area contributed by atoms with Crippen molar-refractivity contribution in [2.24, 2.45) is 0 Å². The van der Waals surface area contributed by atoms with Gasteiger partial charge in [0.25, 0.3) is 0 Å². The molecular formula is C14H20N2O. The zero-order chi connectivity index (χ0) is 12.1. The van der Waals surface area contributed by atoms with Gasteiger partial charge >= 0.3 is 0 Å². The highest BCUT2D eigenvalue weighted by Crippen LogP contribution is 2.20. The van der Waals surface area contributed by atoms with Crippen LogP contribution in [0.2, 0.25) is 0 Å². The number of furan rings is 1. The van der Waals surface area contributed by atoms with Crippen LogP contribution in [-0.2, 0) is 6.54 Å². The van der Waals surface area contributed by atoms with E-state index in [0.717, 1.165) is 25.2 Å². The van der Waals surface area contributed by atoms with Crippen molar-refractivity contribution >= 4 is 11.0 Å². The molecule has 3 nitrogen and oxygen atoms in total. The molecule has 0 aliphatic heterocycles. The fraction of sp³-hybridized carbons (Fsp3) is 0.429. The Hall–Kier alpha value is -1.32. The van der Waals surface area contributed by atoms with E-state index in [4.69, 9.17) is 4.42 Å². The van der Waals surface area contributed by atoms with Crippen LogP contribution in [0, 0.1) is 0 Å². The fourth-order valence-corrected chi connectivity index (χ4v) is 1.89. The van der Waals surface area contributed by atoms with Gasteiger partial charge in [-0.25, -0.2) is 0 Å². The minimum absolute atomic E-state index is 0.462. The molecule has 2 rings (SSSR count). The number of benzene rings is 1. The molecule has 0 saturated carbocycles. The van der Waals surface area contributed by atoms with E-state index in [1.165, 1.54) is 10.9 Å². The van der Waals surface area contributed by atoms with Gasteiger partial charge in [-0.05, 0) is 19.5 Å². The highest BCUT2D eigenvalue weighted by Gasteiger charge is 2.06. The predicted molar refractivity (Wildman–Crippen MR) is 71.1 cm³/mol. The van der Waals surface area contributed by atoms with Crippen LogP contribution in [0.25, 0.3) is 11.0 Å². The average molecular weight is 232 g/mol. The van der Waals surface area contributed by atoms with Gasteiger partial charge in [0.1, 0.15) is 5.58 Å². The summed E-state index contributed by atoms with van der Waals surface area (Å²) in [6.45, 7) is 7.16. The van der Waals surface area contributed by atoms with Gasteiger partial charge in [0.15, 0.2) is 0 Å². The Labute approximate surface area is 102 Å². The summed E-state index contributed by atoms with van der Waals surface area (Å²) in [6, 6.07) is 8.61. The molecule has 0 saturated heterocycles. The first-order valence-corrected chi connectivity index (χ1v) is 6.20. The number of para-hydroxylation sites is 1. The Balaban J connectivity index is 1.95. The molecule has 0 radical (unpaired) electrons. The van der Waals surface area contributed by atoms with Crippen molar-refractivity contribution in [1.82, 2.24) is 10.6 Å². The molecule has 1 unspecified atom stereocenters. The lowest BCUT2D eigenvalue weighted by atomic mass is 10.1. The number of rotatable bonds is 6. The molecule has 92 valence electrons. The van der Waals surface area contributed by atoms with Gasteiger partial charge in [-0.15, -0.1) is 0 Å². The predicted octanol–water partition coefficient (Wildman–Crippen LogP) is 2.52. The fourth-order valence-electron chi connectivity index (χ4n) is 1.89. The highest BCUT2D eigenvalue weighted by atomic mass is 16.3. The third kappa shape index (κ3) is 3.08. The van der Waals surface area contributed by atoms with Crippen molar-refractivity contribution < 1.29 is 4.42 Å². The quantitative estimate of drug-likeness (QED) is 0.803. The summed E-state index contributed by atoms with van der Waals surface area (Å²) in [4.78, 5) is 0. The maximum absolute atomic E-state index is 5.51. The minimum Gasteiger partial charge on any atom is -0.464 e. The third-order valence-corrected chi connectivity index (χ3v) is 2.90. The lowest BCUT2D eigenvalue weighted by Gasteiger charge is -2.13. The summed E-state index contributed by atoms with van der Waals surface area (Å²) < 4.78 is 5.51. The first-order valence-electron chi connectivity index (χ1n) is 6.20. The summed E-state index contributed by atoms with van der Waals surface area (Å²) in [5, 5.41) is 8.02. The van der Waals surface area contributed by atoms with Gasteiger partial charge in [-0.3, -0.25) is 0 Å². The van der Waals surface area contributed by atoms with E-state index < -0.39 is 0 Å². The Morgan fingerprint density at radius 3 is 2.94 bits per heavy atom. The number of likely N-dealkylation sites (N-methyl/N-ethyl adjacent to an activating group) is 1. The molecule has 2 N–H and O–H groups in total. The van der Waals surface area contributed by atoms with Gasteiger partial charge in [-0.2, -0.15) is 0 Å². The van der Waals surface area contributed by atoms with Gasteiger partial charge < -0.3 is 15.1 Å². The summed E-state index contributed by atoms with van der Waals surface area (Å²) in [6.07, 6.45) is 1.84. The van der Waals surface area contributed by atoms with E-state index in [2.05, 4.69) is 30.5 Å². The normalized spacial score (nSPS) is 13.1. The Morgan fingerprint density at radius 2 is 2.12 bits per heavy atom. The summed E-state index contributed by atoms with van der Waals surface area (Å²) in [5.74, 6) is 0. The highest BCUT2D eigenvalue weighted by molar-refractivity contribution is 5.80. The molecule has 0 aliphatic rings. The van der Waals surface area contributed by atoms with Crippen molar-refractivity contribution in [2.75, 3.05) is 13.1 Å². The molecule has 1 heterocycles. The molecule has 0 fully saturated rings. The van der Waals surface area contributed by atoms with Crippen LogP contribution in [0.5, 0.6) is 0 Å². The van der Waals surface area contributed by atoms with E-state index in [-0.39, 0.29) is 0 Å². The molecule has 17 heavy (non-hydrogen) atoms. The molecule has 1 atom stereocenters. The largest absolute Gasteiger partial charge is 0.464 e. The molecule has 1 aromatic heterocycles. The first-order chi connectivity index (χ1) is 8.31. The SMILES string of the molecule is CCNCC(C)NCc1coc2ccccc12. The van der Waals surface area contributed by atoms with Gasteiger partial charge in [0, 0.05) is 30.1 Å². The molecule has 0 amide bonds. The molecule has 2 aromatic rings. The second kappa shape index (κ2) is 5.84. The number of hydrogen-bond donors (Lipinski definition) is 2. The second-order valence-electron chi connectivity index (χ2n) is 4.35. The van der Waals surface area contributed by atoms with Crippen LogP contribution in [0.15, 0.2) is 34.9 Å². The molecule has 0 spiro atoms. The van der Waals surface area contributed by atoms with E-state index in [1.54, 1.807) is 0 Å². The first kappa shape index (κ1) is 12.1. The van der Waals surface area contributed by atoms with E-state index in [0.29, 0.717) is 6.04 Å². The lowest BCUT2D eigenvalue weighted by molar-refractivity contribution is 0.506. The zero-order valence-corrected chi connectivity index (χ0v) is 10.5. The zero-order valence-electron chi connectivity index (χ0n) is 10.5. The van der Waals surface area contributed by atoms with Crippen LogP contribution in [0.1, 0.15) is 19.4 Å². The monoisotopic (exact) mass is 232 g/mol. The molecule has 1 aromatic carbocycles. The maximum Gasteiger partial charge on any atom is 0.134 e. The van der Waals surface area contributed by atoms with Crippen LogP contribution in [0.4, 0.5) is 0 Å². The van der Waals surface area contributed by atoms with Crippen molar-refractivity contribution in [3.8, 4) is 0 Å². The summed E-state index contributed by atoms with van der Waals surface area (Å²) in [7, 11) is 0. The minimum atomic E-state index is 0.462. The van der Waals surface area contributed by atoms with E-state index in [9.17, 15) is 0 Å². The summed E-state index contributed by atoms with van der Waals surface area (Å²) in [5.41, 5.74) is 2.19. The van der Waals surface area contributed by atoms with Crippen LogP contribution in [-0.4, -0.2) is 19.1 Å². The van der Waals surface area contributed by atoms with Gasteiger partial charge in [0.05, 0.1) is 6.26 Å². The van der Waals surface area contributed by atoms with Crippen molar-refractivity contribution in [1.29, 1.82) is 0 Å². The van der Waals surface area contributed by atoms with Crippen molar-refractivity contribution in [3.05, 3.63) is 36.1 Å².